The van der Waals surface area contributed by atoms with Crippen LogP contribution in [0, 0.1) is 11.8 Å². The van der Waals surface area contributed by atoms with Crippen molar-refractivity contribution >= 4 is 27.5 Å². The molecular formula is C21H23ClN2O4S. The minimum absolute atomic E-state index is 0.143. The van der Waals surface area contributed by atoms with Gasteiger partial charge in [-0.2, -0.15) is 4.31 Å². The average Bonchev–Trinajstić information content (AvgIpc) is 2.72. The lowest BCUT2D eigenvalue weighted by Gasteiger charge is -2.18. The number of nitrogens with one attached hydrogen (secondary N) is 1. The fraction of sp³-hybridized carbons (Fsp3) is 0.286. The molecule has 0 fully saturated rings. The molecule has 0 bridgehead atoms. The van der Waals surface area contributed by atoms with Crippen molar-refractivity contribution in [2.45, 2.75) is 18.7 Å². The Morgan fingerprint density at radius 1 is 1.07 bits per heavy atom. The van der Waals surface area contributed by atoms with Crippen molar-refractivity contribution < 1.29 is 17.9 Å². The molecule has 2 aromatic rings. The highest BCUT2D eigenvalue weighted by atomic mass is 35.5. The van der Waals surface area contributed by atoms with E-state index in [2.05, 4.69) is 17.2 Å². The van der Waals surface area contributed by atoms with Crippen LogP contribution in [0.5, 0.6) is 5.75 Å². The molecule has 154 valence electrons. The van der Waals surface area contributed by atoms with Gasteiger partial charge in [0.1, 0.15) is 12.4 Å². The molecule has 2 rings (SSSR count). The topological polar surface area (TPSA) is 75.7 Å². The van der Waals surface area contributed by atoms with Crippen molar-refractivity contribution in [1.82, 2.24) is 9.62 Å². The van der Waals surface area contributed by atoms with Gasteiger partial charge in [-0.05, 0) is 36.4 Å². The summed E-state index contributed by atoms with van der Waals surface area (Å²) in [4.78, 5) is 12.3. The number of hydrogen-bond donors (Lipinski definition) is 1. The van der Waals surface area contributed by atoms with Crippen LogP contribution in [0.25, 0.3) is 0 Å². The Bertz CT molecular complexity index is 991. The van der Waals surface area contributed by atoms with E-state index in [0.717, 1.165) is 0 Å². The smallest absolute Gasteiger partial charge is 0.252 e. The Hall–Kier alpha value is -2.53. The van der Waals surface area contributed by atoms with Crippen molar-refractivity contribution in [3.05, 3.63) is 59.1 Å². The van der Waals surface area contributed by atoms with Crippen molar-refractivity contribution in [3.8, 4) is 17.6 Å². The van der Waals surface area contributed by atoms with Gasteiger partial charge in [-0.3, -0.25) is 4.79 Å². The molecule has 29 heavy (non-hydrogen) atoms. The number of carbonyl (C=O) groups is 1. The van der Waals surface area contributed by atoms with Gasteiger partial charge >= 0.3 is 0 Å². The van der Waals surface area contributed by atoms with Gasteiger partial charge in [0.2, 0.25) is 10.0 Å². The largest absolute Gasteiger partial charge is 0.479 e. The van der Waals surface area contributed by atoms with E-state index in [1.54, 1.807) is 26.0 Å². The standard InChI is InChI=1S/C21H23ClN2O4S/c1-3-24(4-2)29(26,27)18-13-11-17(12-14-18)21(25)23-15-7-8-16-28-20-10-6-5-9-19(20)22/h5-6,9-14H,3-4,15-16H2,1-2H3,(H,23,25). The normalized spacial score (nSPS) is 10.9. The van der Waals surface area contributed by atoms with Crippen molar-refractivity contribution in [1.29, 1.82) is 0 Å². The predicted molar refractivity (Wildman–Crippen MR) is 114 cm³/mol. The van der Waals surface area contributed by atoms with Crippen LogP contribution in [0.2, 0.25) is 5.02 Å². The third-order valence-corrected chi connectivity index (χ3v) is 6.43. The Morgan fingerprint density at radius 2 is 1.72 bits per heavy atom. The van der Waals surface area contributed by atoms with Gasteiger partial charge in [0.05, 0.1) is 16.5 Å². The summed E-state index contributed by atoms with van der Waals surface area (Å²) >= 11 is 5.98. The highest BCUT2D eigenvalue weighted by Gasteiger charge is 2.21. The summed E-state index contributed by atoms with van der Waals surface area (Å²) in [5, 5.41) is 3.17. The summed E-state index contributed by atoms with van der Waals surface area (Å²) in [5.41, 5.74) is 0.359. The number of sulfonamides is 1. The molecule has 0 saturated carbocycles. The average molecular weight is 435 g/mol. The van der Waals surface area contributed by atoms with E-state index in [4.69, 9.17) is 16.3 Å². The molecular weight excluding hydrogens is 412 g/mol. The molecule has 0 aliphatic heterocycles. The molecule has 6 nitrogen and oxygen atoms in total. The molecule has 0 heterocycles. The number of amides is 1. The summed E-state index contributed by atoms with van der Waals surface area (Å²) in [5.74, 6) is 5.79. The highest BCUT2D eigenvalue weighted by molar-refractivity contribution is 7.89. The van der Waals surface area contributed by atoms with Crippen LogP contribution in [-0.2, 0) is 10.0 Å². The van der Waals surface area contributed by atoms with E-state index in [1.165, 1.54) is 28.6 Å². The number of rotatable bonds is 8. The van der Waals surface area contributed by atoms with Crippen molar-refractivity contribution in [2.24, 2.45) is 0 Å². The first-order valence-corrected chi connectivity index (χ1v) is 10.9. The predicted octanol–water partition coefficient (Wildman–Crippen LogP) is 3.18. The Balaban J connectivity index is 1.87. The first kappa shape index (κ1) is 22.8. The lowest BCUT2D eigenvalue weighted by molar-refractivity contribution is 0.0958. The van der Waals surface area contributed by atoms with Gasteiger partial charge < -0.3 is 10.1 Å². The summed E-state index contributed by atoms with van der Waals surface area (Å²) < 4.78 is 31.7. The zero-order chi connectivity index (χ0) is 21.3. The Kier molecular flexibility index (Phi) is 8.52. The minimum Gasteiger partial charge on any atom is -0.479 e. The zero-order valence-electron chi connectivity index (χ0n) is 16.3. The second-order valence-corrected chi connectivity index (χ2v) is 8.21. The van der Waals surface area contributed by atoms with Crippen molar-refractivity contribution in [2.75, 3.05) is 26.2 Å². The van der Waals surface area contributed by atoms with Crippen LogP contribution in [-0.4, -0.2) is 44.9 Å². The van der Waals surface area contributed by atoms with Crippen LogP contribution in [0.1, 0.15) is 24.2 Å². The van der Waals surface area contributed by atoms with Crippen LogP contribution < -0.4 is 10.1 Å². The number of carbonyl (C=O) groups excluding carboxylic acids is 1. The number of ether oxygens (including phenoxy) is 1. The van der Waals surface area contributed by atoms with Crippen LogP contribution >= 0.6 is 11.6 Å². The SMILES string of the molecule is CCN(CC)S(=O)(=O)c1ccc(C(=O)NCC#CCOc2ccccc2Cl)cc1. The maximum Gasteiger partial charge on any atom is 0.252 e. The van der Waals surface area contributed by atoms with Gasteiger partial charge in [0, 0.05) is 18.7 Å². The number of nitrogens with zero attached hydrogens (tertiary/aromatic N) is 1. The fourth-order valence-corrected chi connectivity index (χ4v) is 4.15. The number of benzene rings is 2. The second-order valence-electron chi connectivity index (χ2n) is 5.87. The van der Waals surface area contributed by atoms with Gasteiger partial charge in [0.25, 0.3) is 5.91 Å². The molecule has 1 N–H and O–H groups in total. The van der Waals surface area contributed by atoms with Gasteiger partial charge in [-0.1, -0.05) is 49.4 Å². The summed E-state index contributed by atoms with van der Waals surface area (Å²) in [7, 11) is -3.54. The molecule has 2 aromatic carbocycles. The quantitative estimate of drug-likeness (QED) is 0.647. The highest BCUT2D eigenvalue weighted by Crippen LogP contribution is 2.22. The summed E-state index contributed by atoms with van der Waals surface area (Å²) in [6, 6.07) is 12.9. The van der Waals surface area contributed by atoms with E-state index in [-0.39, 0.29) is 24.0 Å². The Labute approximate surface area is 176 Å². The van der Waals surface area contributed by atoms with Gasteiger partial charge in [-0.25, -0.2) is 8.42 Å². The van der Waals surface area contributed by atoms with Crippen molar-refractivity contribution in [3.63, 3.8) is 0 Å². The van der Waals surface area contributed by atoms with E-state index in [1.807, 2.05) is 12.1 Å². The van der Waals surface area contributed by atoms with Gasteiger partial charge in [-0.15, -0.1) is 0 Å². The van der Waals surface area contributed by atoms with E-state index >= 15 is 0 Å². The molecule has 0 atom stereocenters. The first-order chi connectivity index (χ1) is 13.9. The van der Waals surface area contributed by atoms with Crippen LogP contribution in [0.4, 0.5) is 0 Å². The van der Waals surface area contributed by atoms with Gasteiger partial charge in [0.15, 0.2) is 0 Å². The molecule has 0 saturated heterocycles. The molecule has 8 heteroatoms. The van der Waals surface area contributed by atoms with E-state index in [9.17, 15) is 13.2 Å². The molecule has 1 amide bonds. The third kappa shape index (κ3) is 6.23. The van der Waals surface area contributed by atoms with Crippen LogP contribution in [0.15, 0.2) is 53.4 Å². The number of hydrogen-bond acceptors (Lipinski definition) is 4. The lowest BCUT2D eigenvalue weighted by Crippen LogP contribution is -2.30. The zero-order valence-corrected chi connectivity index (χ0v) is 17.9. The molecule has 0 aliphatic rings. The van der Waals surface area contributed by atoms with E-state index in [0.29, 0.717) is 29.4 Å². The maximum absolute atomic E-state index is 12.5. The monoisotopic (exact) mass is 434 g/mol. The first-order valence-electron chi connectivity index (χ1n) is 9.11. The third-order valence-electron chi connectivity index (χ3n) is 4.06. The van der Waals surface area contributed by atoms with E-state index < -0.39 is 10.0 Å². The molecule has 0 aliphatic carbocycles. The molecule has 0 spiro atoms. The lowest BCUT2D eigenvalue weighted by atomic mass is 10.2. The van der Waals surface area contributed by atoms with Crippen LogP contribution in [0.3, 0.4) is 0 Å². The molecule has 0 unspecified atom stereocenters. The fourth-order valence-electron chi connectivity index (χ4n) is 2.51. The Morgan fingerprint density at radius 3 is 2.34 bits per heavy atom. The number of halogens is 1. The summed E-state index contributed by atoms with van der Waals surface area (Å²) in [6.07, 6.45) is 0. The second kappa shape index (κ2) is 10.9. The molecule has 0 radical (unpaired) electrons. The minimum atomic E-state index is -3.54. The number of para-hydroxylation sites is 1. The molecule has 0 aromatic heterocycles. The summed E-state index contributed by atoms with van der Waals surface area (Å²) in [6.45, 7) is 4.63. The maximum atomic E-state index is 12.5.